The van der Waals surface area contributed by atoms with Gasteiger partial charge in [0.2, 0.25) is 0 Å². The third kappa shape index (κ3) is 4.29. The van der Waals surface area contributed by atoms with E-state index in [1.54, 1.807) is 30.3 Å². The normalized spacial score (nSPS) is 11.7. The molecule has 0 atom stereocenters. The molecule has 0 saturated heterocycles. The summed E-state index contributed by atoms with van der Waals surface area (Å²) in [5.74, 6) is -0.835. The van der Waals surface area contributed by atoms with Crippen LogP contribution in [0.5, 0.6) is 0 Å². The van der Waals surface area contributed by atoms with Gasteiger partial charge in [-0.3, -0.25) is 14.2 Å². The summed E-state index contributed by atoms with van der Waals surface area (Å²) in [7, 11) is 1.52. The molecule has 0 aliphatic carbocycles. The lowest BCUT2D eigenvalue weighted by molar-refractivity contribution is -0.137. The number of rotatable bonds is 4. The Morgan fingerprint density at radius 2 is 1.82 bits per heavy atom. The molecular weight excluding hydrogens is 461 g/mol. The summed E-state index contributed by atoms with van der Waals surface area (Å²) >= 11 is 5.95. The molecule has 2 aromatic carbocycles. The van der Waals surface area contributed by atoms with Gasteiger partial charge in [0.25, 0.3) is 11.5 Å². The largest absolute Gasteiger partial charge is 0.416 e. The van der Waals surface area contributed by atoms with Crippen molar-refractivity contribution in [2.24, 2.45) is 7.05 Å². The summed E-state index contributed by atoms with van der Waals surface area (Å²) in [5, 5.41) is 2.22. The highest BCUT2D eigenvalue weighted by Gasteiger charge is 2.31. The standard InChI is InChI=1S/C22H16ClF3N4O3/c1-29-11-14(19(31)27-16-9-13(22(24,25)26)7-8-15(16)23)17-18(29)20(32)30(21(33)28-17)10-12-5-3-2-4-6-12/h2-9,11H,10H2,1H3,(H,27,31)(H,28,33). The molecule has 4 aromatic rings. The predicted octanol–water partition coefficient (Wildman–Crippen LogP) is 4.00. The minimum atomic E-state index is -4.63. The number of nitrogens with zero attached hydrogens (tertiary/aromatic N) is 2. The fraction of sp³-hybridized carbons (Fsp3) is 0.136. The Kier molecular flexibility index (Phi) is 5.62. The molecule has 0 unspecified atom stereocenters. The van der Waals surface area contributed by atoms with E-state index in [1.165, 1.54) is 17.8 Å². The van der Waals surface area contributed by atoms with Crippen LogP contribution in [0.1, 0.15) is 21.5 Å². The molecule has 4 rings (SSSR count). The SMILES string of the molecule is Cn1cc(C(=O)Nc2cc(C(F)(F)F)ccc2Cl)c2[nH]c(=O)n(Cc3ccccc3)c(=O)c21. The summed E-state index contributed by atoms with van der Waals surface area (Å²) in [5.41, 5.74) is -1.92. The number of H-pyrrole nitrogens is 1. The summed E-state index contributed by atoms with van der Waals surface area (Å²) in [6.07, 6.45) is -3.32. The van der Waals surface area contributed by atoms with Crippen molar-refractivity contribution in [2.75, 3.05) is 5.32 Å². The molecule has 0 spiro atoms. The van der Waals surface area contributed by atoms with Gasteiger partial charge in [-0.25, -0.2) is 4.79 Å². The minimum Gasteiger partial charge on any atom is -0.344 e. The first-order chi connectivity index (χ1) is 15.6. The maximum absolute atomic E-state index is 13.0. The fourth-order valence-corrected chi connectivity index (χ4v) is 3.64. The van der Waals surface area contributed by atoms with Gasteiger partial charge in [-0.05, 0) is 23.8 Å². The Morgan fingerprint density at radius 1 is 1.12 bits per heavy atom. The lowest BCUT2D eigenvalue weighted by Crippen LogP contribution is -2.36. The van der Waals surface area contributed by atoms with Gasteiger partial charge in [-0.1, -0.05) is 41.9 Å². The van der Waals surface area contributed by atoms with Gasteiger partial charge in [0.15, 0.2) is 0 Å². The average molecular weight is 477 g/mol. The van der Waals surface area contributed by atoms with E-state index in [0.717, 1.165) is 22.3 Å². The van der Waals surface area contributed by atoms with E-state index in [2.05, 4.69) is 10.3 Å². The van der Waals surface area contributed by atoms with E-state index in [9.17, 15) is 27.6 Å². The average Bonchev–Trinajstić information content (AvgIpc) is 3.08. The quantitative estimate of drug-likeness (QED) is 0.466. The van der Waals surface area contributed by atoms with Crippen LogP contribution in [0.2, 0.25) is 5.02 Å². The monoisotopic (exact) mass is 476 g/mol. The second-order valence-electron chi connectivity index (χ2n) is 7.33. The van der Waals surface area contributed by atoms with Crippen LogP contribution in [-0.2, 0) is 19.8 Å². The van der Waals surface area contributed by atoms with Crippen LogP contribution in [-0.4, -0.2) is 20.0 Å². The Balaban J connectivity index is 1.75. The van der Waals surface area contributed by atoms with E-state index in [-0.39, 0.29) is 33.9 Å². The van der Waals surface area contributed by atoms with E-state index < -0.39 is 28.9 Å². The molecule has 11 heteroatoms. The lowest BCUT2D eigenvalue weighted by Gasteiger charge is -2.11. The summed E-state index contributed by atoms with van der Waals surface area (Å²) < 4.78 is 41.4. The van der Waals surface area contributed by atoms with Crippen LogP contribution in [0.15, 0.2) is 64.3 Å². The number of aromatic amines is 1. The number of halogens is 4. The first-order valence-corrected chi connectivity index (χ1v) is 9.98. The number of aryl methyl sites for hydroxylation is 1. The van der Waals surface area contributed by atoms with Crippen LogP contribution in [0, 0.1) is 0 Å². The van der Waals surface area contributed by atoms with Gasteiger partial charge in [0, 0.05) is 13.2 Å². The molecule has 0 radical (unpaired) electrons. The molecule has 1 amide bonds. The molecule has 0 bridgehead atoms. The third-order valence-electron chi connectivity index (χ3n) is 5.08. The number of benzene rings is 2. The Hall–Kier alpha value is -3.79. The van der Waals surface area contributed by atoms with Crippen LogP contribution in [0.4, 0.5) is 18.9 Å². The number of alkyl halides is 3. The number of hydrogen-bond donors (Lipinski definition) is 2. The van der Waals surface area contributed by atoms with Crippen molar-refractivity contribution in [3.05, 3.63) is 97.3 Å². The highest BCUT2D eigenvalue weighted by atomic mass is 35.5. The van der Waals surface area contributed by atoms with Crippen molar-refractivity contribution in [1.29, 1.82) is 0 Å². The second-order valence-corrected chi connectivity index (χ2v) is 7.74. The number of aromatic nitrogens is 3. The van der Waals surface area contributed by atoms with Crippen molar-refractivity contribution in [1.82, 2.24) is 14.1 Å². The van der Waals surface area contributed by atoms with Crippen molar-refractivity contribution < 1.29 is 18.0 Å². The van der Waals surface area contributed by atoms with Gasteiger partial charge in [-0.15, -0.1) is 0 Å². The van der Waals surface area contributed by atoms with Crippen molar-refractivity contribution >= 4 is 34.2 Å². The molecule has 2 N–H and O–H groups in total. The van der Waals surface area contributed by atoms with E-state index in [0.29, 0.717) is 6.07 Å². The summed E-state index contributed by atoms with van der Waals surface area (Å²) in [4.78, 5) is 41.0. The zero-order valence-electron chi connectivity index (χ0n) is 17.0. The van der Waals surface area contributed by atoms with E-state index in [4.69, 9.17) is 11.6 Å². The third-order valence-corrected chi connectivity index (χ3v) is 5.41. The zero-order chi connectivity index (χ0) is 23.9. The van der Waals surface area contributed by atoms with Gasteiger partial charge >= 0.3 is 11.9 Å². The topological polar surface area (TPSA) is 88.9 Å². The highest BCUT2D eigenvalue weighted by molar-refractivity contribution is 6.34. The molecule has 7 nitrogen and oxygen atoms in total. The number of anilines is 1. The predicted molar refractivity (Wildman–Crippen MR) is 118 cm³/mol. The number of carbonyl (C=O) groups is 1. The number of hydrogen-bond acceptors (Lipinski definition) is 3. The van der Waals surface area contributed by atoms with Gasteiger partial charge in [0.05, 0.1) is 33.9 Å². The lowest BCUT2D eigenvalue weighted by atomic mass is 10.2. The molecule has 0 fully saturated rings. The van der Waals surface area contributed by atoms with E-state index >= 15 is 0 Å². The Bertz CT molecular complexity index is 1490. The van der Waals surface area contributed by atoms with Crippen molar-refractivity contribution in [2.45, 2.75) is 12.7 Å². The molecule has 33 heavy (non-hydrogen) atoms. The molecule has 0 aliphatic rings. The number of fused-ring (bicyclic) bond motifs is 1. The Labute approximate surface area is 189 Å². The number of carbonyl (C=O) groups excluding carboxylic acids is 1. The molecule has 2 aromatic heterocycles. The van der Waals surface area contributed by atoms with Crippen LogP contribution in [0.25, 0.3) is 11.0 Å². The molecule has 0 aliphatic heterocycles. The van der Waals surface area contributed by atoms with Crippen molar-refractivity contribution in [3.8, 4) is 0 Å². The molecular formula is C22H16ClF3N4O3. The summed E-state index contributed by atoms with van der Waals surface area (Å²) in [6.45, 7) is 0.0253. The van der Waals surface area contributed by atoms with Gasteiger partial charge < -0.3 is 14.9 Å². The maximum Gasteiger partial charge on any atom is 0.416 e. The first-order valence-electron chi connectivity index (χ1n) is 9.60. The van der Waals surface area contributed by atoms with Gasteiger partial charge in [-0.2, -0.15) is 13.2 Å². The van der Waals surface area contributed by atoms with Crippen LogP contribution < -0.4 is 16.6 Å². The smallest absolute Gasteiger partial charge is 0.344 e. The zero-order valence-corrected chi connectivity index (χ0v) is 17.8. The minimum absolute atomic E-state index is 0.0253. The number of amides is 1. The maximum atomic E-state index is 13.0. The second kappa shape index (κ2) is 8.28. The number of nitrogens with one attached hydrogen (secondary N) is 2. The van der Waals surface area contributed by atoms with E-state index in [1.807, 2.05) is 0 Å². The van der Waals surface area contributed by atoms with Crippen molar-refractivity contribution in [3.63, 3.8) is 0 Å². The molecule has 2 heterocycles. The highest BCUT2D eigenvalue weighted by Crippen LogP contribution is 2.34. The molecule has 170 valence electrons. The van der Waals surface area contributed by atoms with Gasteiger partial charge in [0.1, 0.15) is 5.52 Å². The molecule has 0 saturated carbocycles. The fourth-order valence-electron chi connectivity index (χ4n) is 3.47. The van der Waals surface area contributed by atoms with Crippen LogP contribution >= 0.6 is 11.6 Å². The van der Waals surface area contributed by atoms with Crippen LogP contribution in [0.3, 0.4) is 0 Å². The first kappa shape index (κ1) is 22.4. The Morgan fingerprint density at radius 3 is 2.48 bits per heavy atom. The summed E-state index contributed by atoms with van der Waals surface area (Å²) in [6, 6.07) is 11.4.